The van der Waals surface area contributed by atoms with Crippen LogP contribution in [0.4, 0.5) is 26.2 Å². The molecule has 0 spiro atoms. The number of benzene rings is 1. The minimum Gasteiger partial charge on any atom is -0.340 e. The average Bonchev–Trinajstić information content (AvgIpc) is 2.51. The Morgan fingerprint density at radius 2 is 1.96 bits per heavy atom. The highest BCUT2D eigenvalue weighted by Crippen LogP contribution is 2.25. The van der Waals surface area contributed by atoms with Crippen LogP contribution in [0.25, 0.3) is 0 Å². The molecule has 0 amide bonds. The van der Waals surface area contributed by atoms with Gasteiger partial charge in [-0.1, -0.05) is 13.0 Å². The third-order valence-electron chi connectivity index (χ3n) is 4.00. The number of anilines is 3. The smallest absolute Gasteiger partial charge is 0.227 e. The van der Waals surface area contributed by atoms with Gasteiger partial charge in [0.1, 0.15) is 23.1 Å². The van der Waals surface area contributed by atoms with Crippen molar-refractivity contribution < 1.29 is 8.78 Å². The van der Waals surface area contributed by atoms with E-state index in [1.54, 1.807) is 6.07 Å². The maximum Gasteiger partial charge on any atom is 0.227 e. The second kappa shape index (κ2) is 6.48. The standard InChI is InChI=1S/C17H20F2N4/c1-11-5-4-8-23(10-11)17-20-12(2)9-15(22-17)21-16-13(18)6-3-7-14(16)19/h3,6-7,9,11H,4-5,8,10H2,1-2H3,(H,20,21,22). The van der Waals surface area contributed by atoms with Crippen LogP contribution in [0.15, 0.2) is 24.3 Å². The molecule has 0 radical (unpaired) electrons. The topological polar surface area (TPSA) is 41.1 Å². The van der Waals surface area contributed by atoms with E-state index in [1.807, 2.05) is 6.92 Å². The molecule has 3 rings (SSSR count). The minimum atomic E-state index is -0.644. The van der Waals surface area contributed by atoms with E-state index in [0.717, 1.165) is 25.2 Å². The summed E-state index contributed by atoms with van der Waals surface area (Å²) in [6.45, 7) is 5.86. The summed E-state index contributed by atoms with van der Waals surface area (Å²) >= 11 is 0. The third kappa shape index (κ3) is 3.57. The number of piperidine rings is 1. The minimum absolute atomic E-state index is 0.191. The quantitative estimate of drug-likeness (QED) is 0.927. The number of nitrogens with zero attached hydrogens (tertiary/aromatic N) is 3. The van der Waals surface area contributed by atoms with Crippen molar-refractivity contribution in [3.8, 4) is 0 Å². The van der Waals surface area contributed by atoms with Gasteiger partial charge in [0.25, 0.3) is 0 Å². The van der Waals surface area contributed by atoms with E-state index in [0.29, 0.717) is 17.7 Å². The zero-order chi connectivity index (χ0) is 16.4. The molecule has 1 fully saturated rings. The van der Waals surface area contributed by atoms with Crippen LogP contribution in [0.2, 0.25) is 0 Å². The average molecular weight is 318 g/mol. The van der Waals surface area contributed by atoms with Gasteiger partial charge in [0, 0.05) is 24.8 Å². The van der Waals surface area contributed by atoms with Crippen LogP contribution in [-0.4, -0.2) is 23.1 Å². The molecule has 4 nitrogen and oxygen atoms in total. The van der Waals surface area contributed by atoms with Crippen LogP contribution in [0.5, 0.6) is 0 Å². The van der Waals surface area contributed by atoms with Gasteiger partial charge in [-0.25, -0.2) is 13.8 Å². The van der Waals surface area contributed by atoms with Gasteiger partial charge >= 0.3 is 0 Å². The van der Waals surface area contributed by atoms with Crippen molar-refractivity contribution in [1.82, 2.24) is 9.97 Å². The number of aromatic nitrogens is 2. The zero-order valence-corrected chi connectivity index (χ0v) is 13.3. The first-order chi connectivity index (χ1) is 11.0. The molecular formula is C17H20F2N4. The summed E-state index contributed by atoms with van der Waals surface area (Å²) in [5.74, 6) is 0.308. The Morgan fingerprint density at radius 1 is 1.22 bits per heavy atom. The molecule has 0 saturated carbocycles. The fourth-order valence-electron chi connectivity index (χ4n) is 2.87. The van der Waals surface area contributed by atoms with E-state index < -0.39 is 11.6 Å². The molecule has 6 heteroatoms. The number of rotatable bonds is 3. The Kier molecular flexibility index (Phi) is 4.41. The SMILES string of the molecule is Cc1cc(Nc2c(F)cccc2F)nc(N2CCCC(C)C2)n1. The van der Waals surface area contributed by atoms with Crippen molar-refractivity contribution in [3.05, 3.63) is 41.6 Å². The Morgan fingerprint density at radius 3 is 2.65 bits per heavy atom. The lowest BCUT2D eigenvalue weighted by molar-refractivity contribution is 0.442. The molecule has 2 aromatic rings. The molecule has 0 bridgehead atoms. The van der Waals surface area contributed by atoms with Gasteiger partial charge in [0.05, 0.1) is 0 Å². The number of para-hydroxylation sites is 1. The second-order valence-electron chi connectivity index (χ2n) is 6.11. The molecule has 1 aliphatic rings. The monoisotopic (exact) mass is 318 g/mol. The first kappa shape index (κ1) is 15.6. The van der Waals surface area contributed by atoms with Crippen LogP contribution < -0.4 is 10.2 Å². The predicted octanol–water partition coefficient (Wildman–Crippen LogP) is 4.04. The van der Waals surface area contributed by atoms with Gasteiger partial charge in [-0.05, 0) is 37.8 Å². The summed E-state index contributed by atoms with van der Waals surface area (Å²) in [5, 5.41) is 2.74. The highest BCUT2D eigenvalue weighted by atomic mass is 19.1. The first-order valence-corrected chi connectivity index (χ1v) is 7.84. The van der Waals surface area contributed by atoms with Gasteiger partial charge in [0.15, 0.2) is 0 Å². The second-order valence-corrected chi connectivity index (χ2v) is 6.11. The number of halogens is 2. The largest absolute Gasteiger partial charge is 0.340 e. The summed E-state index contributed by atoms with van der Waals surface area (Å²) in [4.78, 5) is 11.0. The number of aryl methyl sites for hydroxylation is 1. The summed E-state index contributed by atoms with van der Waals surface area (Å²) in [7, 11) is 0. The Balaban J connectivity index is 1.88. The van der Waals surface area contributed by atoms with E-state index in [-0.39, 0.29) is 5.69 Å². The maximum atomic E-state index is 13.8. The number of nitrogens with one attached hydrogen (secondary N) is 1. The van der Waals surface area contributed by atoms with E-state index in [2.05, 4.69) is 27.1 Å². The van der Waals surface area contributed by atoms with Crippen LogP contribution >= 0.6 is 0 Å². The van der Waals surface area contributed by atoms with Gasteiger partial charge in [-0.15, -0.1) is 0 Å². The lowest BCUT2D eigenvalue weighted by Crippen LogP contribution is -2.35. The van der Waals surface area contributed by atoms with Crippen molar-refractivity contribution in [2.45, 2.75) is 26.7 Å². The van der Waals surface area contributed by atoms with Crippen LogP contribution in [-0.2, 0) is 0 Å². The van der Waals surface area contributed by atoms with Crippen molar-refractivity contribution in [2.75, 3.05) is 23.3 Å². The molecule has 1 aromatic heterocycles. The van der Waals surface area contributed by atoms with E-state index >= 15 is 0 Å². The van der Waals surface area contributed by atoms with E-state index in [9.17, 15) is 8.78 Å². The molecule has 122 valence electrons. The molecule has 1 unspecified atom stereocenters. The van der Waals surface area contributed by atoms with Crippen molar-refractivity contribution in [2.24, 2.45) is 5.92 Å². The molecule has 1 saturated heterocycles. The Labute approximate surface area is 134 Å². The van der Waals surface area contributed by atoms with Crippen molar-refractivity contribution in [3.63, 3.8) is 0 Å². The normalized spacial score (nSPS) is 18.1. The van der Waals surface area contributed by atoms with Crippen LogP contribution in [0.3, 0.4) is 0 Å². The summed E-state index contributed by atoms with van der Waals surface area (Å²) in [6, 6.07) is 5.45. The van der Waals surface area contributed by atoms with Gasteiger partial charge in [-0.2, -0.15) is 4.98 Å². The van der Waals surface area contributed by atoms with Gasteiger partial charge < -0.3 is 10.2 Å². The van der Waals surface area contributed by atoms with Crippen LogP contribution in [0.1, 0.15) is 25.5 Å². The van der Waals surface area contributed by atoms with Crippen molar-refractivity contribution >= 4 is 17.5 Å². The molecule has 2 heterocycles. The van der Waals surface area contributed by atoms with E-state index in [4.69, 9.17) is 0 Å². The highest BCUT2D eigenvalue weighted by molar-refractivity contribution is 5.59. The molecule has 1 atom stereocenters. The van der Waals surface area contributed by atoms with E-state index in [1.165, 1.54) is 24.6 Å². The molecule has 23 heavy (non-hydrogen) atoms. The fraction of sp³-hybridized carbons (Fsp3) is 0.412. The molecule has 1 aliphatic heterocycles. The summed E-state index contributed by atoms with van der Waals surface area (Å²) in [5.41, 5.74) is 0.566. The lowest BCUT2D eigenvalue weighted by atomic mass is 10.0. The summed E-state index contributed by atoms with van der Waals surface area (Å²) in [6.07, 6.45) is 2.30. The van der Waals surface area contributed by atoms with Gasteiger partial charge in [-0.3, -0.25) is 0 Å². The van der Waals surface area contributed by atoms with Crippen LogP contribution in [0, 0.1) is 24.5 Å². The molecule has 1 N–H and O–H groups in total. The third-order valence-corrected chi connectivity index (χ3v) is 4.00. The predicted molar refractivity (Wildman–Crippen MR) is 87.0 cm³/mol. The van der Waals surface area contributed by atoms with Gasteiger partial charge in [0.2, 0.25) is 5.95 Å². The lowest BCUT2D eigenvalue weighted by Gasteiger charge is -2.31. The van der Waals surface area contributed by atoms with Crippen molar-refractivity contribution in [1.29, 1.82) is 0 Å². The molecule has 1 aromatic carbocycles. The first-order valence-electron chi connectivity index (χ1n) is 7.84. The summed E-state index contributed by atoms with van der Waals surface area (Å²) < 4.78 is 27.6. The highest BCUT2D eigenvalue weighted by Gasteiger charge is 2.19. The zero-order valence-electron chi connectivity index (χ0n) is 13.3. The Bertz CT molecular complexity index is 685. The Hall–Kier alpha value is -2.24. The maximum absolute atomic E-state index is 13.8. The number of hydrogen-bond donors (Lipinski definition) is 1. The molecular weight excluding hydrogens is 298 g/mol. The number of hydrogen-bond acceptors (Lipinski definition) is 4. The molecule has 0 aliphatic carbocycles. The fourth-order valence-corrected chi connectivity index (χ4v) is 2.87.